The molecule has 0 atom stereocenters. The molecule has 6 rings (SSSR count). The minimum atomic E-state index is -0.224. The molecule has 4 heterocycles. The molecule has 10 nitrogen and oxygen atoms in total. The van der Waals surface area contributed by atoms with Crippen LogP contribution >= 0.6 is 11.6 Å². The van der Waals surface area contributed by atoms with Gasteiger partial charge in [-0.2, -0.15) is 4.98 Å². The van der Waals surface area contributed by atoms with Crippen LogP contribution < -0.4 is 14.8 Å². The average Bonchev–Trinajstić information content (AvgIpc) is 3.48. The van der Waals surface area contributed by atoms with Gasteiger partial charge in [0.2, 0.25) is 5.88 Å². The zero-order chi connectivity index (χ0) is 26.3. The second kappa shape index (κ2) is 9.85. The molecule has 11 heteroatoms. The highest BCUT2D eigenvalue weighted by Gasteiger charge is 2.41. The van der Waals surface area contributed by atoms with Crippen molar-refractivity contribution in [3.05, 3.63) is 59.1 Å². The van der Waals surface area contributed by atoms with Gasteiger partial charge in [0.15, 0.2) is 17.8 Å². The van der Waals surface area contributed by atoms with Crippen LogP contribution in [-0.4, -0.2) is 61.9 Å². The second-order valence-electron chi connectivity index (χ2n) is 9.98. The molecular formula is C27H27ClN6O4. The Morgan fingerprint density at radius 3 is 2.76 bits per heavy atom. The molecule has 1 saturated heterocycles. The Hall–Kier alpha value is -3.76. The molecule has 0 spiro atoms. The molecule has 1 aromatic carbocycles. The van der Waals surface area contributed by atoms with Gasteiger partial charge in [-0.15, -0.1) is 0 Å². The number of benzene rings is 1. The number of imidazole rings is 1. The number of pyridine rings is 1. The van der Waals surface area contributed by atoms with E-state index in [1.807, 2.05) is 29.7 Å². The van der Waals surface area contributed by atoms with Gasteiger partial charge in [-0.1, -0.05) is 11.6 Å². The molecule has 196 valence electrons. The van der Waals surface area contributed by atoms with Crippen LogP contribution in [-0.2, 0) is 16.1 Å². The summed E-state index contributed by atoms with van der Waals surface area (Å²) in [5.41, 5.74) is 3.62. The third-order valence-corrected chi connectivity index (χ3v) is 6.96. The van der Waals surface area contributed by atoms with Gasteiger partial charge in [0, 0.05) is 11.8 Å². The third-order valence-electron chi connectivity index (χ3n) is 6.64. The molecule has 2 aliphatic rings. The molecule has 1 aliphatic carbocycles. The summed E-state index contributed by atoms with van der Waals surface area (Å²) in [6, 6.07) is 9.30. The Kier molecular flexibility index (Phi) is 6.37. The molecule has 0 radical (unpaired) electrons. The highest BCUT2D eigenvalue weighted by molar-refractivity contribution is 6.33. The van der Waals surface area contributed by atoms with E-state index in [1.165, 1.54) is 6.33 Å². The maximum Gasteiger partial charge on any atom is 0.258 e. The van der Waals surface area contributed by atoms with E-state index >= 15 is 0 Å². The summed E-state index contributed by atoms with van der Waals surface area (Å²) in [6.45, 7) is 5.47. The summed E-state index contributed by atoms with van der Waals surface area (Å²) < 4.78 is 18.9. The van der Waals surface area contributed by atoms with E-state index in [0.29, 0.717) is 59.0 Å². The molecule has 38 heavy (non-hydrogen) atoms. The number of hydrogen-bond donors (Lipinski definition) is 1. The number of carbonyl (C=O) groups is 1. The number of halogens is 1. The minimum Gasteiger partial charge on any atom is -0.484 e. The summed E-state index contributed by atoms with van der Waals surface area (Å²) in [7, 11) is 0. The van der Waals surface area contributed by atoms with Gasteiger partial charge in [-0.05, 0) is 62.6 Å². The van der Waals surface area contributed by atoms with Crippen molar-refractivity contribution in [2.75, 3.05) is 19.8 Å². The van der Waals surface area contributed by atoms with Gasteiger partial charge in [-0.3, -0.25) is 9.78 Å². The highest BCUT2D eigenvalue weighted by atomic mass is 35.5. The maximum absolute atomic E-state index is 12.1. The summed E-state index contributed by atoms with van der Waals surface area (Å²) in [5, 5.41) is 3.27. The van der Waals surface area contributed by atoms with Crippen molar-refractivity contribution >= 4 is 28.7 Å². The number of fused-ring (bicyclic) bond motifs is 1. The minimum absolute atomic E-state index is 0.0485. The van der Waals surface area contributed by atoms with Gasteiger partial charge in [0.1, 0.15) is 23.5 Å². The van der Waals surface area contributed by atoms with Crippen molar-refractivity contribution in [1.29, 1.82) is 0 Å². The van der Waals surface area contributed by atoms with Crippen LogP contribution in [0.4, 0.5) is 0 Å². The molecule has 0 unspecified atom stereocenters. The number of nitrogens with zero attached hydrogens (tertiary/aromatic N) is 5. The quantitative estimate of drug-likeness (QED) is 0.345. The number of hydrogen-bond acceptors (Lipinski definition) is 8. The zero-order valence-electron chi connectivity index (χ0n) is 21.1. The zero-order valence-corrected chi connectivity index (χ0v) is 21.9. The van der Waals surface area contributed by atoms with Crippen molar-refractivity contribution in [2.45, 2.75) is 44.9 Å². The molecule has 0 bridgehead atoms. The SMILES string of the molecule is Cc1ccnc(Cn2c(-c3ccc(OCC(=O)NC4COC4)cc3Cl)nc3c(OC4(C)CC4)ncnc32)c1. The second-order valence-corrected chi connectivity index (χ2v) is 10.4. The Bertz CT molecular complexity index is 1510. The topological polar surface area (TPSA) is 113 Å². The summed E-state index contributed by atoms with van der Waals surface area (Å²) >= 11 is 6.75. The van der Waals surface area contributed by atoms with Crippen LogP contribution in [0.2, 0.25) is 5.02 Å². The monoisotopic (exact) mass is 534 g/mol. The van der Waals surface area contributed by atoms with Crippen LogP contribution in [0.25, 0.3) is 22.6 Å². The number of carbonyl (C=O) groups excluding carboxylic acids is 1. The van der Waals surface area contributed by atoms with E-state index in [2.05, 4.69) is 27.2 Å². The van der Waals surface area contributed by atoms with E-state index in [9.17, 15) is 4.79 Å². The van der Waals surface area contributed by atoms with Gasteiger partial charge < -0.3 is 24.1 Å². The number of nitrogens with one attached hydrogen (secondary N) is 1. The number of aryl methyl sites for hydroxylation is 1. The fraction of sp³-hybridized carbons (Fsp3) is 0.370. The van der Waals surface area contributed by atoms with Crippen LogP contribution in [0.15, 0.2) is 42.9 Å². The lowest BCUT2D eigenvalue weighted by atomic mass is 10.2. The van der Waals surface area contributed by atoms with Gasteiger partial charge >= 0.3 is 0 Å². The highest BCUT2D eigenvalue weighted by Crippen LogP contribution is 2.41. The third kappa shape index (κ3) is 5.14. The largest absolute Gasteiger partial charge is 0.484 e. The fourth-order valence-electron chi connectivity index (χ4n) is 4.21. The normalized spacial score (nSPS) is 16.2. The van der Waals surface area contributed by atoms with E-state index in [0.717, 1.165) is 24.1 Å². The van der Waals surface area contributed by atoms with Crippen molar-refractivity contribution in [3.8, 4) is 23.0 Å². The number of rotatable bonds is 9. The predicted octanol–water partition coefficient (Wildman–Crippen LogP) is 3.72. The fourth-order valence-corrected chi connectivity index (χ4v) is 4.46. The Labute approximate surface area is 224 Å². The van der Waals surface area contributed by atoms with Crippen molar-refractivity contribution in [2.24, 2.45) is 0 Å². The molecule has 1 N–H and O–H groups in total. The average molecular weight is 535 g/mol. The lowest BCUT2D eigenvalue weighted by molar-refractivity contribution is -0.127. The number of amides is 1. The number of aromatic nitrogens is 5. The predicted molar refractivity (Wildman–Crippen MR) is 140 cm³/mol. The molecule has 1 saturated carbocycles. The van der Waals surface area contributed by atoms with Crippen molar-refractivity contribution in [3.63, 3.8) is 0 Å². The van der Waals surface area contributed by atoms with Gasteiger partial charge in [0.05, 0.1) is 36.5 Å². The summed E-state index contributed by atoms with van der Waals surface area (Å²) in [6.07, 6.45) is 5.22. The van der Waals surface area contributed by atoms with Crippen LogP contribution in [0.1, 0.15) is 31.0 Å². The lowest BCUT2D eigenvalue weighted by Gasteiger charge is -2.26. The maximum atomic E-state index is 12.1. The first-order valence-corrected chi connectivity index (χ1v) is 12.9. The lowest BCUT2D eigenvalue weighted by Crippen LogP contribution is -2.49. The standard InChI is InChI=1S/C27H27ClN6O4/c1-16-5-8-29-17(9-16)11-34-24(33-23-25(34)30-15-31-26(23)38-27(2)6-7-27)20-4-3-19(10-21(20)28)37-14-22(35)32-18-12-36-13-18/h3-5,8-10,15,18H,6-7,11-14H2,1-2H3,(H,32,35). The van der Waals surface area contributed by atoms with Crippen molar-refractivity contribution in [1.82, 2.24) is 29.8 Å². The molecular weight excluding hydrogens is 508 g/mol. The molecule has 1 aliphatic heterocycles. The molecule has 4 aromatic rings. The van der Waals surface area contributed by atoms with Crippen LogP contribution in [0.5, 0.6) is 11.6 Å². The van der Waals surface area contributed by atoms with E-state index < -0.39 is 0 Å². The molecule has 2 fully saturated rings. The van der Waals surface area contributed by atoms with Crippen molar-refractivity contribution < 1.29 is 19.0 Å². The number of ether oxygens (including phenoxy) is 3. The first-order chi connectivity index (χ1) is 18.4. The first kappa shape index (κ1) is 24.6. The van der Waals surface area contributed by atoms with E-state index in [1.54, 1.807) is 18.3 Å². The van der Waals surface area contributed by atoms with E-state index in [-0.39, 0.29) is 24.2 Å². The summed E-state index contributed by atoms with van der Waals surface area (Å²) in [4.78, 5) is 30.5. The van der Waals surface area contributed by atoms with E-state index in [4.69, 9.17) is 30.8 Å². The van der Waals surface area contributed by atoms with Crippen LogP contribution in [0, 0.1) is 6.92 Å². The first-order valence-electron chi connectivity index (χ1n) is 12.5. The van der Waals surface area contributed by atoms with Gasteiger partial charge in [-0.25, -0.2) is 9.97 Å². The smallest absolute Gasteiger partial charge is 0.258 e. The van der Waals surface area contributed by atoms with Crippen LogP contribution in [0.3, 0.4) is 0 Å². The molecule has 3 aromatic heterocycles. The molecule has 1 amide bonds. The Morgan fingerprint density at radius 2 is 2.05 bits per heavy atom. The Balaban J connectivity index is 1.33. The van der Waals surface area contributed by atoms with Gasteiger partial charge in [0.25, 0.3) is 5.91 Å². The summed E-state index contributed by atoms with van der Waals surface area (Å²) in [5.74, 6) is 1.33. The Morgan fingerprint density at radius 1 is 1.21 bits per heavy atom.